The van der Waals surface area contributed by atoms with Crippen molar-refractivity contribution >= 4 is 11.8 Å². The molecule has 1 aromatic rings. The molecule has 0 saturated heterocycles. The quantitative estimate of drug-likeness (QED) is 0.311. The van der Waals surface area contributed by atoms with Crippen molar-refractivity contribution in [1.82, 2.24) is 4.98 Å². The first kappa shape index (κ1) is 10.0. The molecule has 1 rings (SSSR count). The van der Waals surface area contributed by atoms with Gasteiger partial charge < -0.3 is 4.74 Å². The first-order valence-corrected chi connectivity index (χ1v) is 3.80. The van der Waals surface area contributed by atoms with Gasteiger partial charge in [0.15, 0.2) is 0 Å². The second-order valence-electron chi connectivity index (χ2n) is 2.48. The SMILES string of the molecule is COC(=O)c1ccc(N=[N+]=[N-])nc1C. The average Bonchev–Trinajstić information content (AvgIpc) is 2.17. The molecule has 0 bridgehead atoms. The molecule has 0 unspecified atom stereocenters. The Hall–Kier alpha value is -2.07. The number of aromatic nitrogens is 1. The van der Waals surface area contributed by atoms with Crippen LogP contribution in [0, 0.1) is 6.92 Å². The number of rotatable bonds is 2. The zero-order valence-corrected chi connectivity index (χ0v) is 7.76. The number of azide groups is 1. The van der Waals surface area contributed by atoms with Crippen LogP contribution in [0.15, 0.2) is 17.2 Å². The second kappa shape index (κ2) is 4.25. The van der Waals surface area contributed by atoms with Gasteiger partial charge in [0, 0.05) is 4.91 Å². The second-order valence-corrected chi connectivity index (χ2v) is 2.48. The third-order valence-electron chi connectivity index (χ3n) is 1.62. The minimum atomic E-state index is -0.456. The van der Waals surface area contributed by atoms with Crippen molar-refractivity contribution in [3.05, 3.63) is 33.8 Å². The lowest BCUT2D eigenvalue weighted by atomic mass is 10.2. The van der Waals surface area contributed by atoms with Crippen LogP contribution >= 0.6 is 0 Å². The van der Waals surface area contributed by atoms with Crippen molar-refractivity contribution in [2.75, 3.05) is 7.11 Å². The monoisotopic (exact) mass is 192 g/mol. The Kier molecular flexibility index (Phi) is 3.04. The number of hydrogen-bond acceptors (Lipinski definition) is 4. The fourth-order valence-electron chi connectivity index (χ4n) is 0.975. The summed E-state index contributed by atoms with van der Waals surface area (Å²) in [7, 11) is 1.29. The minimum Gasteiger partial charge on any atom is -0.465 e. The maximum Gasteiger partial charge on any atom is 0.339 e. The van der Waals surface area contributed by atoms with Gasteiger partial charge in [0.2, 0.25) is 0 Å². The highest BCUT2D eigenvalue weighted by molar-refractivity contribution is 5.90. The van der Waals surface area contributed by atoms with Crippen LogP contribution in [0.3, 0.4) is 0 Å². The van der Waals surface area contributed by atoms with Crippen LogP contribution in [-0.2, 0) is 4.74 Å². The Bertz CT molecular complexity index is 410. The topological polar surface area (TPSA) is 88.0 Å². The van der Waals surface area contributed by atoms with Gasteiger partial charge in [0.05, 0.1) is 18.4 Å². The lowest BCUT2D eigenvalue weighted by Gasteiger charge is -2.02. The number of aryl methyl sites for hydroxylation is 1. The third-order valence-corrected chi connectivity index (χ3v) is 1.62. The van der Waals surface area contributed by atoms with Crippen LogP contribution in [0.4, 0.5) is 5.82 Å². The Labute approximate surface area is 80.2 Å². The number of pyridine rings is 1. The lowest BCUT2D eigenvalue weighted by molar-refractivity contribution is 0.0599. The number of carbonyl (C=O) groups excluding carboxylic acids is 1. The van der Waals surface area contributed by atoms with Crippen LogP contribution in [-0.4, -0.2) is 18.1 Å². The van der Waals surface area contributed by atoms with Gasteiger partial charge in [-0.2, -0.15) is 0 Å². The summed E-state index contributed by atoms with van der Waals surface area (Å²) in [5.41, 5.74) is 9.00. The smallest absolute Gasteiger partial charge is 0.339 e. The van der Waals surface area contributed by atoms with Gasteiger partial charge in [-0.1, -0.05) is 0 Å². The number of hydrogen-bond donors (Lipinski definition) is 0. The molecule has 0 aliphatic rings. The van der Waals surface area contributed by atoms with Gasteiger partial charge in [0.1, 0.15) is 5.82 Å². The van der Waals surface area contributed by atoms with E-state index < -0.39 is 5.97 Å². The van der Waals surface area contributed by atoms with E-state index in [1.807, 2.05) is 0 Å². The van der Waals surface area contributed by atoms with Crippen LogP contribution in [0.5, 0.6) is 0 Å². The molecule has 0 amide bonds. The molecule has 1 heterocycles. The largest absolute Gasteiger partial charge is 0.465 e. The van der Waals surface area contributed by atoms with E-state index in [0.717, 1.165) is 0 Å². The summed E-state index contributed by atoms with van der Waals surface area (Å²) in [5.74, 6) is -0.222. The van der Waals surface area contributed by atoms with Gasteiger partial charge in [0.25, 0.3) is 0 Å². The molecule has 0 radical (unpaired) electrons. The lowest BCUT2D eigenvalue weighted by Crippen LogP contribution is -2.04. The maximum absolute atomic E-state index is 11.1. The molecule has 6 nitrogen and oxygen atoms in total. The van der Waals surface area contributed by atoms with Crippen LogP contribution < -0.4 is 0 Å². The molecule has 0 aliphatic heterocycles. The summed E-state index contributed by atoms with van der Waals surface area (Å²) in [6, 6.07) is 2.97. The zero-order chi connectivity index (χ0) is 10.6. The molecule has 1 aromatic heterocycles. The Morgan fingerprint density at radius 3 is 2.86 bits per heavy atom. The molecule has 0 atom stereocenters. The fraction of sp³-hybridized carbons (Fsp3) is 0.250. The van der Waals surface area contributed by atoms with E-state index in [4.69, 9.17) is 5.53 Å². The number of esters is 1. The Balaban J connectivity index is 3.13. The van der Waals surface area contributed by atoms with E-state index in [-0.39, 0.29) is 5.82 Å². The van der Waals surface area contributed by atoms with E-state index in [1.165, 1.54) is 19.2 Å². The Morgan fingerprint density at radius 2 is 2.36 bits per heavy atom. The fourth-order valence-corrected chi connectivity index (χ4v) is 0.975. The minimum absolute atomic E-state index is 0.234. The van der Waals surface area contributed by atoms with Crippen LogP contribution in [0.2, 0.25) is 0 Å². The first-order valence-electron chi connectivity index (χ1n) is 3.80. The molecular formula is C8H8N4O2. The van der Waals surface area contributed by atoms with Crippen molar-refractivity contribution in [2.45, 2.75) is 6.92 Å². The summed E-state index contributed by atoms with van der Waals surface area (Å²) in [6.45, 7) is 1.64. The van der Waals surface area contributed by atoms with E-state index in [1.54, 1.807) is 6.92 Å². The highest BCUT2D eigenvalue weighted by Gasteiger charge is 2.09. The van der Waals surface area contributed by atoms with E-state index >= 15 is 0 Å². The van der Waals surface area contributed by atoms with Gasteiger partial charge in [-0.25, -0.2) is 4.79 Å². The Morgan fingerprint density at radius 1 is 1.64 bits per heavy atom. The summed E-state index contributed by atoms with van der Waals surface area (Å²) < 4.78 is 4.53. The zero-order valence-electron chi connectivity index (χ0n) is 7.76. The summed E-state index contributed by atoms with van der Waals surface area (Å²) >= 11 is 0. The third kappa shape index (κ3) is 1.99. The van der Waals surface area contributed by atoms with Crippen molar-refractivity contribution in [3.8, 4) is 0 Å². The summed E-state index contributed by atoms with van der Waals surface area (Å²) in [4.78, 5) is 17.6. The van der Waals surface area contributed by atoms with Crippen molar-refractivity contribution < 1.29 is 9.53 Å². The van der Waals surface area contributed by atoms with Gasteiger partial charge >= 0.3 is 5.97 Å². The van der Waals surface area contributed by atoms with Gasteiger partial charge in [-0.05, 0) is 29.7 Å². The summed E-state index contributed by atoms with van der Waals surface area (Å²) in [6.07, 6.45) is 0. The molecule has 72 valence electrons. The number of carbonyl (C=O) groups is 1. The van der Waals surface area contributed by atoms with E-state index in [9.17, 15) is 4.79 Å². The number of methoxy groups -OCH3 is 1. The van der Waals surface area contributed by atoms with Crippen molar-refractivity contribution in [3.63, 3.8) is 0 Å². The number of ether oxygens (including phenoxy) is 1. The molecule has 14 heavy (non-hydrogen) atoms. The molecule has 0 N–H and O–H groups in total. The molecule has 0 aromatic carbocycles. The summed E-state index contributed by atoms with van der Waals surface area (Å²) in [5, 5.41) is 3.31. The molecule has 0 fully saturated rings. The van der Waals surface area contributed by atoms with Crippen LogP contribution in [0.1, 0.15) is 16.1 Å². The van der Waals surface area contributed by atoms with E-state index in [2.05, 4.69) is 19.7 Å². The van der Waals surface area contributed by atoms with E-state index in [0.29, 0.717) is 11.3 Å². The highest BCUT2D eigenvalue weighted by Crippen LogP contribution is 2.13. The highest BCUT2D eigenvalue weighted by atomic mass is 16.5. The molecule has 6 heteroatoms. The molecule has 0 spiro atoms. The van der Waals surface area contributed by atoms with Gasteiger partial charge in [-0.3, -0.25) is 4.98 Å². The van der Waals surface area contributed by atoms with Crippen molar-refractivity contribution in [1.29, 1.82) is 0 Å². The standard InChI is InChI=1S/C8H8N4O2/c1-5-6(8(13)14-2)3-4-7(10-5)11-12-9/h3-4H,1-2H3. The van der Waals surface area contributed by atoms with Gasteiger partial charge in [-0.15, -0.1) is 0 Å². The molecule has 0 saturated carbocycles. The predicted octanol–water partition coefficient (Wildman–Crippen LogP) is 2.12. The normalized spacial score (nSPS) is 9.00. The number of nitrogens with zero attached hydrogens (tertiary/aromatic N) is 4. The predicted molar refractivity (Wildman–Crippen MR) is 49.1 cm³/mol. The van der Waals surface area contributed by atoms with Crippen molar-refractivity contribution in [2.24, 2.45) is 5.11 Å². The first-order chi connectivity index (χ1) is 6.69. The average molecular weight is 192 g/mol. The molecular weight excluding hydrogens is 184 g/mol. The van der Waals surface area contributed by atoms with Crippen LogP contribution in [0.25, 0.3) is 10.4 Å². The molecule has 0 aliphatic carbocycles. The maximum atomic E-state index is 11.1.